The first-order valence-corrected chi connectivity index (χ1v) is 11.2. The van der Waals surface area contributed by atoms with Gasteiger partial charge in [-0.1, -0.05) is 30.8 Å². The molecule has 0 aliphatic carbocycles. The summed E-state index contributed by atoms with van der Waals surface area (Å²) >= 11 is 0. The van der Waals surface area contributed by atoms with Gasteiger partial charge < -0.3 is 15.8 Å². The molecule has 9 heteroatoms. The molecule has 0 fully saturated rings. The third-order valence-corrected chi connectivity index (χ3v) is 5.50. The fourth-order valence-corrected chi connectivity index (χ4v) is 3.72. The molecule has 0 saturated heterocycles. The Hall–Kier alpha value is -5.05. The van der Waals surface area contributed by atoms with Crippen LogP contribution in [0.3, 0.4) is 0 Å². The van der Waals surface area contributed by atoms with Gasteiger partial charge in [0.1, 0.15) is 22.8 Å². The highest BCUT2D eigenvalue weighted by Gasteiger charge is 2.19. The van der Waals surface area contributed by atoms with E-state index in [0.29, 0.717) is 28.3 Å². The minimum atomic E-state index is -0.228. The summed E-state index contributed by atoms with van der Waals surface area (Å²) in [7, 11) is 0. The number of hydrogen-bond acceptors (Lipinski definition) is 7. The molecule has 0 aliphatic rings. The van der Waals surface area contributed by atoms with Crippen LogP contribution < -0.4 is 15.8 Å². The zero-order valence-corrected chi connectivity index (χ0v) is 19.8. The number of fused-ring (bicyclic) bond motifs is 1. The quantitative estimate of drug-likeness (QED) is 0.328. The lowest BCUT2D eigenvalue weighted by Gasteiger charge is -2.09. The second kappa shape index (κ2) is 9.30. The Balaban J connectivity index is 1.53. The average Bonchev–Trinajstić information content (AvgIpc) is 3.26. The number of amides is 1. The molecule has 3 N–H and O–H groups in total. The van der Waals surface area contributed by atoms with Gasteiger partial charge in [0, 0.05) is 46.7 Å². The molecular formula is C27H23N7O2. The molecule has 0 bridgehead atoms. The van der Waals surface area contributed by atoms with E-state index in [0.717, 1.165) is 28.1 Å². The monoisotopic (exact) mass is 477 g/mol. The first kappa shape index (κ1) is 22.7. The van der Waals surface area contributed by atoms with Gasteiger partial charge in [0.05, 0.1) is 0 Å². The topological polar surface area (TPSA) is 120 Å². The SMILES string of the molecule is C=C(C)C(=O)Nc1ccc(-c2nn3ccnc(N)c3c2-c2ccc(Oc3nccc(C)n3)cc2)cc1. The van der Waals surface area contributed by atoms with Crippen molar-refractivity contribution in [3.8, 4) is 34.1 Å². The van der Waals surface area contributed by atoms with Gasteiger partial charge in [-0.05, 0) is 49.7 Å². The van der Waals surface area contributed by atoms with E-state index in [-0.39, 0.29) is 11.9 Å². The van der Waals surface area contributed by atoms with Crippen molar-refractivity contribution in [3.63, 3.8) is 0 Å². The highest BCUT2D eigenvalue weighted by molar-refractivity contribution is 6.03. The summed E-state index contributed by atoms with van der Waals surface area (Å²) in [6, 6.07) is 17.1. The molecule has 0 atom stereocenters. The Bertz CT molecular complexity index is 1590. The standard InChI is InChI=1S/C27H23N7O2/c1-16(2)26(35)32-20-8-4-19(5-9-20)23-22(24-25(28)29-14-15-34(24)33-23)18-6-10-21(11-7-18)36-27-30-13-12-17(3)31-27/h4-15H,1H2,2-3H3,(H2,28,29)(H,32,35). The third kappa shape index (κ3) is 4.49. The van der Waals surface area contributed by atoms with Gasteiger partial charge >= 0.3 is 6.01 Å². The molecule has 36 heavy (non-hydrogen) atoms. The largest absolute Gasteiger partial charge is 0.424 e. The Labute approximate surface area is 207 Å². The van der Waals surface area contributed by atoms with Crippen molar-refractivity contribution in [2.24, 2.45) is 0 Å². The van der Waals surface area contributed by atoms with Crippen LogP contribution in [0.5, 0.6) is 11.8 Å². The van der Waals surface area contributed by atoms with Crippen molar-refractivity contribution in [2.45, 2.75) is 13.8 Å². The number of benzene rings is 2. The lowest BCUT2D eigenvalue weighted by atomic mass is 9.99. The molecule has 0 aliphatic heterocycles. The van der Waals surface area contributed by atoms with Gasteiger partial charge in [-0.2, -0.15) is 5.10 Å². The van der Waals surface area contributed by atoms with Crippen molar-refractivity contribution in [2.75, 3.05) is 11.1 Å². The van der Waals surface area contributed by atoms with Crippen LogP contribution >= 0.6 is 0 Å². The smallest absolute Gasteiger partial charge is 0.322 e. The molecule has 178 valence electrons. The number of aromatic nitrogens is 5. The number of rotatable bonds is 6. The summed E-state index contributed by atoms with van der Waals surface area (Å²) < 4.78 is 7.52. The molecule has 3 heterocycles. The van der Waals surface area contributed by atoms with Gasteiger partial charge in [0.15, 0.2) is 0 Å². The van der Waals surface area contributed by atoms with E-state index in [9.17, 15) is 4.79 Å². The van der Waals surface area contributed by atoms with Crippen LogP contribution in [0.2, 0.25) is 0 Å². The predicted molar refractivity (Wildman–Crippen MR) is 139 cm³/mol. The first-order valence-electron chi connectivity index (χ1n) is 11.2. The van der Waals surface area contributed by atoms with E-state index in [1.165, 1.54) is 0 Å². The molecule has 0 saturated carbocycles. The number of carbonyl (C=O) groups is 1. The maximum atomic E-state index is 12.0. The number of anilines is 2. The normalized spacial score (nSPS) is 10.8. The number of nitrogens with zero attached hydrogens (tertiary/aromatic N) is 5. The highest BCUT2D eigenvalue weighted by Crippen LogP contribution is 2.38. The number of nitrogens with two attached hydrogens (primary N) is 1. The fourth-order valence-electron chi connectivity index (χ4n) is 3.72. The first-order chi connectivity index (χ1) is 17.4. The summed E-state index contributed by atoms with van der Waals surface area (Å²) in [5.41, 5.74) is 12.2. The molecule has 3 aromatic heterocycles. The molecular weight excluding hydrogens is 454 g/mol. The Morgan fingerprint density at radius 2 is 1.72 bits per heavy atom. The van der Waals surface area contributed by atoms with Crippen molar-refractivity contribution in [1.29, 1.82) is 0 Å². The van der Waals surface area contributed by atoms with E-state index in [1.807, 2.05) is 61.5 Å². The second-order valence-corrected chi connectivity index (χ2v) is 8.25. The maximum absolute atomic E-state index is 12.0. The minimum Gasteiger partial charge on any atom is -0.424 e. The third-order valence-electron chi connectivity index (χ3n) is 5.50. The summed E-state index contributed by atoms with van der Waals surface area (Å²) in [5, 5.41) is 7.60. The lowest BCUT2D eigenvalue weighted by molar-refractivity contribution is -0.112. The summed E-state index contributed by atoms with van der Waals surface area (Å²) in [4.78, 5) is 24.6. The molecule has 5 rings (SSSR count). The van der Waals surface area contributed by atoms with Gasteiger partial charge in [-0.3, -0.25) is 4.79 Å². The van der Waals surface area contributed by atoms with Crippen molar-refractivity contribution in [3.05, 3.63) is 91.0 Å². The van der Waals surface area contributed by atoms with Crippen LogP contribution in [0.4, 0.5) is 11.5 Å². The van der Waals surface area contributed by atoms with Crippen molar-refractivity contribution >= 4 is 22.9 Å². The number of carbonyl (C=O) groups excluding carboxylic acids is 1. The van der Waals surface area contributed by atoms with Gasteiger partial charge in [0.2, 0.25) is 0 Å². The average molecular weight is 478 g/mol. The molecule has 5 aromatic rings. The zero-order valence-electron chi connectivity index (χ0n) is 19.8. The van der Waals surface area contributed by atoms with E-state index >= 15 is 0 Å². The summed E-state index contributed by atoms with van der Waals surface area (Å²) in [6.07, 6.45) is 5.02. The minimum absolute atomic E-state index is 0.228. The molecule has 0 spiro atoms. The van der Waals surface area contributed by atoms with Gasteiger partial charge in [-0.25, -0.2) is 19.5 Å². The van der Waals surface area contributed by atoms with Crippen molar-refractivity contribution in [1.82, 2.24) is 24.6 Å². The Kier molecular flexibility index (Phi) is 5.87. The fraction of sp³-hybridized carbons (Fsp3) is 0.0741. The maximum Gasteiger partial charge on any atom is 0.322 e. The Morgan fingerprint density at radius 3 is 2.42 bits per heavy atom. The Morgan fingerprint density at radius 1 is 1.00 bits per heavy atom. The highest BCUT2D eigenvalue weighted by atomic mass is 16.5. The van der Waals surface area contributed by atoms with Crippen LogP contribution in [-0.2, 0) is 4.79 Å². The van der Waals surface area contributed by atoms with Gasteiger partial charge in [0.25, 0.3) is 5.91 Å². The summed E-state index contributed by atoms with van der Waals surface area (Å²) in [5.74, 6) is 0.740. The van der Waals surface area contributed by atoms with E-state index in [2.05, 4.69) is 26.8 Å². The van der Waals surface area contributed by atoms with E-state index < -0.39 is 0 Å². The number of nitrogen functional groups attached to an aromatic ring is 1. The number of ether oxygens (including phenoxy) is 1. The van der Waals surface area contributed by atoms with Gasteiger partial charge in [-0.15, -0.1) is 0 Å². The predicted octanol–water partition coefficient (Wildman–Crippen LogP) is 5.05. The van der Waals surface area contributed by atoms with Crippen molar-refractivity contribution < 1.29 is 9.53 Å². The van der Waals surface area contributed by atoms with Crippen LogP contribution in [-0.4, -0.2) is 30.5 Å². The van der Waals surface area contributed by atoms with E-state index in [4.69, 9.17) is 15.6 Å². The second-order valence-electron chi connectivity index (χ2n) is 8.25. The molecule has 2 aromatic carbocycles. The molecule has 0 unspecified atom stereocenters. The van der Waals surface area contributed by atoms with E-state index in [1.54, 1.807) is 30.0 Å². The van der Waals surface area contributed by atoms with Crippen LogP contribution in [0.15, 0.2) is 85.3 Å². The molecule has 9 nitrogen and oxygen atoms in total. The number of nitrogens with one attached hydrogen (secondary N) is 1. The number of hydrogen-bond donors (Lipinski definition) is 2. The molecule has 1 amide bonds. The zero-order chi connectivity index (χ0) is 25.2. The number of aryl methyl sites for hydroxylation is 1. The van der Waals surface area contributed by atoms with Crippen LogP contribution in [0, 0.1) is 6.92 Å². The van der Waals surface area contributed by atoms with Crippen LogP contribution in [0.1, 0.15) is 12.6 Å². The lowest BCUT2D eigenvalue weighted by Crippen LogP contribution is -2.11. The molecule has 0 radical (unpaired) electrons. The summed E-state index contributed by atoms with van der Waals surface area (Å²) in [6.45, 7) is 7.21. The van der Waals surface area contributed by atoms with Crippen LogP contribution in [0.25, 0.3) is 27.9 Å².